The van der Waals surface area contributed by atoms with E-state index in [1.54, 1.807) is 0 Å². The summed E-state index contributed by atoms with van der Waals surface area (Å²) in [5, 5.41) is 14.7. The van der Waals surface area contributed by atoms with Gasteiger partial charge in [0.05, 0.1) is 0 Å². The molecule has 0 aromatic heterocycles. The molecule has 1 fully saturated rings. The Labute approximate surface area is 128 Å². The first-order valence-electron chi connectivity index (χ1n) is 6.94. The molecule has 21 heavy (non-hydrogen) atoms. The molecule has 0 saturated heterocycles. The van der Waals surface area contributed by atoms with Crippen molar-refractivity contribution in [2.75, 3.05) is 0 Å². The summed E-state index contributed by atoms with van der Waals surface area (Å²) >= 11 is 6.28. The smallest absolute Gasteiger partial charge is 0.450 e. The third-order valence-corrected chi connectivity index (χ3v) is 4.08. The van der Waals surface area contributed by atoms with E-state index in [2.05, 4.69) is 12.1 Å². The van der Waals surface area contributed by atoms with E-state index < -0.39 is 6.16 Å². The van der Waals surface area contributed by atoms with Gasteiger partial charge in [0.1, 0.15) is 0 Å². The maximum atomic E-state index is 11.6. The highest BCUT2D eigenvalue weighted by molar-refractivity contribution is 6.32. The Morgan fingerprint density at radius 3 is 2.19 bits per heavy atom. The van der Waals surface area contributed by atoms with Crippen molar-refractivity contribution in [3.63, 3.8) is 0 Å². The number of carbonyl (C=O) groups is 2. The maximum absolute atomic E-state index is 11.6. The van der Waals surface area contributed by atoms with Gasteiger partial charge in [0.15, 0.2) is 5.78 Å². The number of aryl methyl sites for hydroxylation is 2. The highest BCUT2D eigenvalue weighted by Gasteiger charge is 2.18. The van der Waals surface area contributed by atoms with E-state index >= 15 is 0 Å². The standard InChI is InChI=1S/C15H15ClO.CH2O3/c16-14-9-11-4-1-3-10(11)7-13(14)8-12-5-2-6-15(12)17;2-1(3)4/h7-9H,1-6H2;(H2,2,3,4). The third-order valence-electron chi connectivity index (χ3n) is 3.75. The van der Waals surface area contributed by atoms with Crippen LogP contribution < -0.4 is 0 Å². The number of carboxylic acid groups (broad SMARTS) is 2. The fourth-order valence-electron chi connectivity index (χ4n) is 2.80. The van der Waals surface area contributed by atoms with Crippen molar-refractivity contribution >= 4 is 29.6 Å². The lowest BCUT2D eigenvalue weighted by atomic mass is 10.0. The van der Waals surface area contributed by atoms with Crippen LogP contribution in [-0.2, 0) is 17.6 Å². The van der Waals surface area contributed by atoms with Gasteiger partial charge in [-0.15, -0.1) is 0 Å². The van der Waals surface area contributed by atoms with Crippen molar-refractivity contribution in [2.45, 2.75) is 38.5 Å². The van der Waals surface area contributed by atoms with Gasteiger partial charge in [0.2, 0.25) is 0 Å². The van der Waals surface area contributed by atoms with Crippen LogP contribution >= 0.6 is 11.6 Å². The second-order valence-electron chi connectivity index (χ2n) is 5.22. The fourth-order valence-corrected chi connectivity index (χ4v) is 3.04. The zero-order valence-corrected chi connectivity index (χ0v) is 12.3. The average Bonchev–Trinajstić information content (AvgIpc) is 2.99. The lowest BCUT2D eigenvalue weighted by molar-refractivity contribution is -0.114. The van der Waals surface area contributed by atoms with Crippen LogP contribution in [0.2, 0.25) is 5.02 Å². The number of fused-ring (bicyclic) bond motifs is 1. The van der Waals surface area contributed by atoms with Gasteiger partial charge in [-0.3, -0.25) is 4.79 Å². The molecule has 0 spiro atoms. The van der Waals surface area contributed by atoms with Crippen LogP contribution in [0.4, 0.5) is 4.79 Å². The number of benzene rings is 1. The summed E-state index contributed by atoms with van der Waals surface area (Å²) in [4.78, 5) is 20.2. The molecule has 2 N–H and O–H groups in total. The topological polar surface area (TPSA) is 74.6 Å². The number of carbonyl (C=O) groups excluding carboxylic acids is 1. The quantitative estimate of drug-likeness (QED) is 0.763. The zero-order chi connectivity index (χ0) is 15.4. The average molecular weight is 309 g/mol. The Morgan fingerprint density at radius 2 is 1.62 bits per heavy atom. The van der Waals surface area contributed by atoms with Crippen molar-refractivity contribution in [3.05, 3.63) is 39.4 Å². The summed E-state index contributed by atoms with van der Waals surface area (Å²) in [6.45, 7) is 0. The van der Waals surface area contributed by atoms with Crippen molar-refractivity contribution in [2.24, 2.45) is 0 Å². The summed E-state index contributed by atoms with van der Waals surface area (Å²) in [7, 11) is 0. The van der Waals surface area contributed by atoms with Crippen molar-refractivity contribution < 1.29 is 19.8 Å². The van der Waals surface area contributed by atoms with Crippen molar-refractivity contribution in [3.8, 4) is 0 Å². The molecule has 3 rings (SSSR count). The third kappa shape index (κ3) is 4.08. The number of Topliss-reactive ketones (excluding diaryl/α,β-unsaturated/α-hetero) is 1. The van der Waals surface area contributed by atoms with E-state index in [9.17, 15) is 4.79 Å². The number of allylic oxidation sites excluding steroid dienone is 1. The van der Waals surface area contributed by atoms with E-state index in [0.717, 1.165) is 41.8 Å². The molecular weight excluding hydrogens is 292 g/mol. The number of hydrogen-bond acceptors (Lipinski definition) is 2. The molecular formula is C16H17ClO4. The Bertz CT molecular complexity index is 601. The predicted octanol–water partition coefficient (Wildman–Crippen LogP) is 4.19. The molecule has 1 saturated carbocycles. The zero-order valence-electron chi connectivity index (χ0n) is 11.6. The second-order valence-corrected chi connectivity index (χ2v) is 5.63. The van der Waals surface area contributed by atoms with Crippen LogP contribution in [-0.4, -0.2) is 22.2 Å². The molecule has 112 valence electrons. The summed E-state index contributed by atoms with van der Waals surface area (Å²) in [5.41, 5.74) is 4.77. The normalized spacial score (nSPS) is 18.3. The molecule has 0 atom stereocenters. The van der Waals surface area contributed by atoms with Crippen LogP contribution in [0.3, 0.4) is 0 Å². The lowest BCUT2D eigenvalue weighted by Crippen LogP contribution is -1.92. The summed E-state index contributed by atoms with van der Waals surface area (Å²) in [5.74, 6) is 0.293. The molecule has 5 heteroatoms. The number of hydrogen-bond donors (Lipinski definition) is 2. The first-order valence-corrected chi connectivity index (χ1v) is 7.32. The molecule has 0 amide bonds. The van der Waals surface area contributed by atoms with Gasteiger partial charge in [0.25, 0.3) is 0 Å². The highest BCUT2D eigenvalue weighted by Crippen LogP contribution is 2.31. The lowest BCUT2D eigenvalue weighted by Gasteiger charge is -2.05. The largest absolute Gasteiger partial charge is 0.503 e. The molecule has 1 aromatic carbocycles. The second kappa shape index (κ2) is 6.76. The first kappa shape index (κ1) is 15.6. The SMILES string of the molecule is O=C(O)O.O=C1CCCC1=Cc1cc2c(cc1Cl)CCC2. The minimum atomic E-state index is -1.83. The van der Waals surface area contributed by atoms with Crippen LogP contribution in [0.15, 0.2) is 17.7 Å². The number of rotatable bonds is 1. The first-order chi connectivity index (χ1) is 9.97. The molecule has 0 unspecified atom stereocenters. The maximum Gasteiger partial charge on any atom is 0.503 e. The summed E-state index contributed by atoms with van der Waals surface area (Å²) < 4.78 is 0. The monoisotopic (exact) mass is 308 g/mol. The van der Waals surface area contributed by atoms with Crippen LogP contribution in [0.1, 0.15) is 42.4 Å². The molecule has 2 aliphatic rings. The van der Waals surface area contributed by atoms with Gasteiger partial charge >= 0.3 is 6.16 Å². The van der Waals surface area contributed by atoms with Crippen molar-refractivity contribution in [1.82, 2.24) is 0 Å². The van der Waals surface area contributed by atoms with Gasteiger partial charge in [0, 0.05) is 11.4 Å². The highest BCUT2D eigenvalue weighted by atomic mass is 35.5. The fraction of sp³-hybridized carbons (Fsp3) is 0.375. The molecule has 0 bridgehead atoms. The van der Waals surface area contributed by atoms with Gasteiger partial charge in [-0.25, -0.2) is 4.79 Å². The Balaban J connectivity index is 0.000000361. The Kier molecular flexibility index (Phi) is 5.02. The minimum absolute atomic E-state index is 0.293. The summed E-state index contributed by atoms with van der Waals surface area (Å²) in [6.07, 6.45) is 6.29. The summed E-state index contributed by atoms with van der Waals surface area (Å²) in [6, 6.07) is 4.25. The molecule has 0 heterocycles. The minimum Gasteiger partial charge on any atom is -0.450 e. The molecule has 0 aliphatic heterocycles. The van der Waals surface area contributed by atoms with Gasteiger partial charge < -0.3 is 10.2 Å². The van der Waals surface area contributed by atoms with E-state index in [1.165, 1.54) is 17.5 Å². The van der Waals surface area contributed by atoms with E-state index in [4.69, 9.17) is 26.6 Å². The van der Waals surface area contributed by atoms with Gasteiger partial charge in [-0.2, -0.15) is 0 Å². The predicted molar refractivity (Wildman–Crippen MR) is 81.0 cm³/mol. The Hall–Kier alpha value is -1.81. The van der Waals surface area contributed by atoms with Crippen LogP contribution in [0, 0.1) is 0 Å². The number of halogens is 1. The number of ketones is 1. The van der Waals surface area contributed by atoms with Crippen molar-refractivity contribution in [1.29, 1.82) is 0 Å². The molecule has 2 aliphatic carbocycles. The van der Waals surface area contributed by atoms with E-state index in [0.29, 0.717) is 12.2 Å². The molecule has 4 nitrogen and oxygen atoms in total. The molecule has 0 radical (unpaired) electrons. The van der Waals surface area contributed by atoms with E-state index in [-0.39, 0.29) is 0 Å². The van der Waals surface area contributed by atoms with Crippen LogP contribution in [0.5, 0.6) is 0 Å². The Morgan fingerprint density at radius 1 is 1.05 bits per heavy atom. The van der Waals surface area contributed by atoms with Gasteiger partial charge in [-0.1, -0.05) is 11.6 Å². The van der Waals surface area contributed by atoms with Crippen LogP contribution in [0.25, 0.3) is 6.08 Å². The molecule has 1 aromatic rings. The van der Waals surface area contributed by atoms with E-state index in [1.807, 2.05) is 6.08 Å². The van der Waals surface area contributed by atoms with Gasteiger partial charge in [-0.05, 0) is 72.6 Å².